The zero-order valence-corrected chi connectivity index (χ0v) is 8.67. The second-order valence-corrected chi connectivity index (χ2v) is 3.83. The maximum Gasteiger partial charge on any atom is 0.408 e. The Bertz CT molecular complexity index is 292. The lowest BCUT2D eigenvalue weighted by atomic mass is 9.83. The second-order valence-electron chi connectivity index (χ2n) is 3.83. The van der Waals surface area contributed by atoms with Gasteiger partial charge in [0.1, 0.15) is 5.54 Å². The molecule has 0 spiro atoms. The van der Waals surface area contributed by atoms with Gasteiger partial charge in [-0.25, -0.2) is 9.59 Å². The van der Waals surface area contributed by atoms with Crippen LogP contribution in [0.5, 0.6) is 0 Å². The van der Waals surface area contributed by atoms with Gasteiger partial charge in [0.05, 0.1) is 12.6 Å². The molecule has 1 rings (SSSR count). The van der Waals surface area contributed by atoms with Gasteiger partial charge in [-0.2, -0.15) is 0 Å². The van der Waals surface area contributed by atoms with E-state index in [0.29, 0.717) is 0 Å². The number of rotatable bonds is 2. The lowest BCUT2D eigenvalue weighted by molar-refractivity contribution is -0.151. The Morgan fingerprint density at radius 2 is 2.00 bits per heavy atom. The Hall–Kier alpha value is -1.30. The minimum Gasteiger partial charge on any atom is -0.479 e. The molecule has 0 radical (unpaired) electrons. The van der Waals surface area contributed by atoms with Crippen LogP contribution in [0, 0.1) is 5.92 Å². The van der Waals surface area contributed by atoms with Crippen molar-refractivity contribution in [2.75, 3.05) is 6.54 Å². The minimum atomic E-state index is -1.49. The zero-order chi connectivity index (χ0) is 11.8. The summed E-state index contributed by atoms with van der Waals surface area (Å²) in [6.07, 6.45) is -2.08. The summed E-state index contributed by atoms with van der Waals surface area (Å²) < 4.78 is 0. The lowest BCUT2D eigenvalue weighted by Gasteiger charge is -2.34. The fraction of sp³-hybridized carbons (Fsp3) is 0.778. The molecule has 15 heavy (non-hydrogen) atoms. The highest BCUT2D eigenvalue weighted by molar-refractivity contribution is 5.85. The molecule has 1 amide bonds. The molecule has 6 heteroatoms. The number of aliphatic hydroxyl groups excluding tert-OH is 1. The average molecular weight is 217 g/mol. The topological polar surface area (TPSA) is 98.1 Å². The molecule has 0 aromatic carbocycles. The SMILES string of the molecule is CCC1(C(=O)O)C(C)C(O)CN1C(=O)O. The highest BCUT2D eigenvalue weighted by atomic mass is 16.4. The van der Waals surface area contributed by atoms with E-state index in [1.54, 1.807) is 13.8 Å². The molecule has 1 saturated heterocycles. The number of amides is 1. The lowest BCUT2D eigenvalue weighted by Crippen LogP contribution is -2.55. The van der Waals surface area contributed by atoms with E-state index < -0.39 is 29.6 Å². The Balaban J connectivity index is 3.18. The smallest absolute Gasteiger partial charge is 0.408 e. The van der Waals surface area contributed by atoms with Crippen LogP contribution in [0.1, 0.15) is 20.3 Å². The van der Waals surface area contributed by atoms with Crippen molar-refractivity contribution < 1.29 is 24.9 Å². The molecule has 6 nitrogen and oxygen atoms in total. The maximum atomic E-state index is 11.2. The average Bonchev–Trinajstić information content (AvgIpc) is 2.41. The molecule has 0 saturated carbocycles. The molecule has 1 fully saturated rings. The van der Waals surface area contributed by atoms with Crippen LogP contribution >= 0.6 is 0 Å². The van der Waals surface area contributed by atoms with Crippen LogP contribution in [-0.2, 0) is 4.79 Å². The van der Waals surface area contributed by atoms with Gasteiger partial charge in [0.25, 0.3) is 0 Å². The van der Waals surface area contributed by atoms with E-state index in [1.165, 1.54) is 0 Å². The summed E-state index contributed by atoms with van der Waals surface area (Å²) in [5, 5.41) is 27.6. The van der Waals surface area contributed by atoms with E-state index in [-0.39, 0.29) is 13.0 Å². The minimum absolute atomic E-state index is 0.142. The van der Waals surface area contributed by atoms with Crippen molar-refractivity contribution in [1.29, 1.82) is 0 Å². The van der Waals surface area contributed by atoms with E-state index in [2.05, 4.69) is 0 Å². The van der Waals surface area contributed by atoms with Gasteiger partial charge in [0.2, 0.25) is 0 Å². The number of aliphatic hydroxyl groups is 1. The van der Waals surface area contributed by atoms with Crippen LogP contribution in [0.15, 0.2) is 0 Å². The first-order chi connectivity index (χ1) is 6.87. The van der Waals surface area contributed by atoms with E-state index >= 15 is 0 Å². The number of likely N-dealkylation sites (tertiary alicyclic amines) is 1. The molecule has 0 aliphatic carbocycles. The van der Waals surface area contributed by atoms with Crippen LogP contribution in [0.4, 0.5) is 4.79 Å². The van der Waals surface area contributed by atoms with Gasteiger partial charge in [-0.1, -0.05) is 13.8 Å². The highest BCUT2D eigenvalue weighted by Gasteiger charge is 2.57. The molecule has 0 aromatic rings. The molecule has 86 valence electrons. The summed E-state index contributed by atoms with van der Waals surface area (Å²) >= 11 is 0. The fourth-order valence-corrected chi connectivity index (χ4v) is 2.30. The number of nitrogens with zero attached hydrogens (tertiary/aromatic N) is 1. The second kappa shape index (κ2) is 3.69. The van der Waals surface area contributed by atoms with Crippen molar-refractivity contribution in [3.05, 3.63) is 0 Å². The van der Waals surface area contributed by atoms with Crippen molar-refractivity contribution in [1.82, 2.24) is 4.90 Å². The van der Waals surface area contributed by atoms with Gasteiger partial charge in [-0.15, -0.1) is 0 Å². The van der Waals surface area contributed by atoms with E-state index in [9.17, 15) is 14.7 Å². The molecule has 0 bridgehead atoms. The van der Waals surface area contributed by atoms with Crippen molar-refractivity contribution in [2.24, 2.45) is 5.92 Å². The number of hydrogen-bond acceptors (Lipinski definition) is 3. The summed E-state index contributed by atoms with van der Waals surface area (Å²) in [6.45, 7) is 3.03. The predicted octanol–water partition coefficient (Wildman–Crippen LogP) is 0.210. The van der Waals surface area contributed by atoms with Gasteiger partial charge >= 0.3 is 12.1 Å². The highest BCUT2D eigenvalue weighted by Crippen LogP contribution is 2.38. The van der Waals surface area contributed by atoms with Crippen LogP contribution in [0.2, 0.25) is 0 Å². The largest absolute Gasteiger partial charge is 0.479 e. The summed E-state index contributed by atoms with van der Waals surface area (Å²) in [7, 11) is 0. The van der Waals surface area contributed by atoms with Gasteiger partial charge in [-0.3, -0.25) is 4.90 Å². The molecule has 1 aliphatic heterocycles. The fourth-order valence-electron chi connectivity index (χ4n) is 2.30. The maximum absolute atomic E-state index is 11.2. The van der Waals surface area contributed by atoms with Crippen LogP contribution < -0.4 is 0 Å². The molecule has 3 atom stereocenters. The third-order valence-electron chi connectivity index (χ3n) is 3.32. The Kier molecular flexibility index (Phi) is 2.90. The molecule has 1 aliphatic rings. The third kappa shape index (κ3) is 1.45. The monoisotopic (exact) mass is 217 g/mol. The molecule has 0 aromatic heterocycles. The number of aliphatic carboxylic acids is 1. The van der Waals surface area contributed by atoms with Crippen LogP contribution in [0.3, 0.4) is 0 Å². The van der Waals surface area contributed by atoms with Crippen molar-refractivity contribution in [2.45, 2.75) is 31.9 Å². The number of carboxylic acid groups (broad SMARTS) is 2. The number of β-amino-alcohol motifs (C(OH)–C–C–N with tert-alkyl or cyclic N) is 1. The first-order valence-electron chi connectivity index (χ1n) is 4.80. The van der Waals surface area contributed by atoms with Gasteiger partial charge < -0.3 is 15.3 Å². The Morgan fingerprint density at radius 1 is 1.47 bits per heavy atom. The molecular weight excluding hydrogens is 202 g/mol. The predicted molar refractivity (Wildman–Crippen MR) is 50.6 cm³/mol. The van der Waals surface area contributed by atoms with Gasteiger partial charge in [0, 0.05) is 5.92 Å². The summed E-state index contributed by atoms with van der Waals surface area (Å²) in [5.74, 6) is -1.80. The van der Waals surface area contributed by atoms with Crippen LogP contribution in [-0.4, -0.2) is 50.5 Å². The first kappa shape index (κ1) is 11.8. The third-order valence-corrected chi connectivity index (χ3v) is 3.32. The van der Waals surface area contributed by atoms with Crippen molar-refractivity contribution in [3.63, 3.8) is 0 Å². The number of carbonyl (C=O) groups is 2. The van der Waals surface area contributed by atoms with Crippen molar-refractivity contribution in [3.8, 4) is 0 Å². The quantitative estimate of drug-likeness (QED) is 0.614. The normalized spacial score (nSPS) is 35.5. The summed E-state index contributed by atoms with van der Waals surface area (Å²) in [4.78, 5) is 23.0. The van der Waals surface area contributed by atoms with Gasteiger partial charge in [0.15, 0.2) is 0 Å². The number of carboxylic acids is 1. The molecule has 1 heterocycles. The standard InChI is InChI=1S/C9H15NO5/c1-3-9(7(12)13)5(2)6(11)4-10(9)8(14)15/h5-6,11H,3-4H2,1-2H3,(H,12,13)(H,14,15). The van der Waals surface area contributed by atoms with Gasteiger partial charge in [-0.05, 0) is 6.42 Å². The molecule has 3 unspecified atom stereocenters. The Labute approximate surface area is 87.1 Å². The van der Waals surface area contributed by atoms with E-state index in [1.807, 2.05) is 0 Å². The van der Waals surface area contributed by atoms with E-state index in [0.717, 1.165) is 4.90 Å². The first-order valence-corrected chi connectivity index (χ1v) is 4.80. The Morgan fingerprint density at radius 3 is 2.27 bits per heavy atom. The van der Waals surface area contributed by atoms with E-state index in [4.69, 9.17) is 10.2 Å². The molecule has 3 N–H and O–H groups in total. The zero-order valence-electron chi connectivity index (χ0n) is 8.67. The van der Waals surface area contributed by atoms with Crippen molar-refractivity contribution >= 4 is 12.1 Å². The van der Waals surface area contributed by atoms with Crippen LogP contribution in [0.25, 0.3) is 0 Å². The molecular formula is C9H15NO5. The summed E-state index contributed by atoms with van der Waals surface area (Å²) in [5.41, 5.74) is -1.49. The number of hydrogen-bond donors (Lipinski definition) is 3. The summed E-state index contributed by atoms with van der Waals surface area (Å²) in [6, 6.07) is 0.